The van der Waals surface area contributed by atoms with Gasteiger partial charge in [-0.3, -0.25) is 0 Å². The molecule has 3 rings (SSSR count). The molecule has 0 saturated carbocycles. The summed E-state index contributed by atoms with van der Waals surface area (Å²) in [4.78, 5) is 0. The Hall–Kier alpha value is -0.360. The molecule has 3 aromatic rings. The van der Waals surface area contributed by atoms with Crippen molar-refractivity contribution in [1.29, 1.82) is 0 Å². The third kappa shape index (κ3) is 3.68. The lowest BCUT2D eigenvalue weighted by Crippen LogP contribution is -1.87. The first-order chi connectivity index (χ1) is 11.1. The maximum absolute atomic E-state index is 6.31. The van der Waals surface area contributed by atoms with E-state index in [2.05, 4.69) is 88.0 Å². The molecule has 0 aliphatic carbocycles. The van der Waals surface area contributed by atoms with Crippen LogP contribution in [0.4, 0.5) is 0 Å². The zero-order valence-electron chi connectivity index (χ0n) is 12.0. The van der Waals surface area contributed by atoms with E-state index in [1.54, 1.807) is 0 Å². The Morgan fingerprint density at radius 1 is 0.696 bits per heavy atom. The lowest BCUT2D eigenvalue weighted by atomic mass is 10.0. The second-order valence-corrected chi connectivity index (χ2v) is 7.96. The molecule has 0 amide bonds. The van der Waals surface area contributed by atoms with Crippen molar-refractivity contribution in [2.45, 2.75) is 10.7 Å². The van der Waals surface area contributed by atoms with Crippen molar-refractivity contribution in [2.75, 3.05) is 0 Å². The van der Waals surface area contributed by atoms with Crippen molar-refractivity contribution in [3.8, 4) is 22.6 Å². The Kier molecular flexibility index (Phi) is 5.83. The van der Waals surface area contributed by atoms with Gasteiger partial charge in [0.05, 0.1) is 0 Å². The molecule has 0 radical (unpaired) electrons. The highest BCUT2D eigenvalue weighted by Gasteiger charge is 2.21. The van der Waals surface area contributed by atoms with Gasteiger partial charge in [0, 0.05) is 41.9 Å². The van der Waals surface area contributed by atoms with E-state index in [0.29, 0.717) is 0 Å². The van der Waals surface area contributed by atoms with Crippen LogP contribution in [0, 0.1) is 0 Å². The van der Waals surface area contributed by atoms with Gasteiger partial charge in [-0.25, -0.2) is 0 Å². The van der Waals surface area contributed by atoms with Crippen LogP contribution >= 0.6 is 63.7 Å². The highest BCUT2D eigenvalue weighted by atomic mass is 79.9. The molecular weight excluding hydrogens is 552 g/mol. The molecule has 0 aliphatic heterocycles. The predicted molar refractivity (Wildman–Crippen MR) is 110 cm³/mol. The van der Waals surface area contributed by atoms with Crippen LogP contribution in [0.1, 0.15) is 11.1 Å². The molecule has 0 N–H and O–H groups in total. The summed E-state index contributed by atoms with van der Waals surface area (Å²) in [5.74, 6) is 1.82. The van der Waals surface area contributed by atoms with Gasteiger partial charge in [-0.15, -0.1) is 0 Å². The molecule has 1 aromatic heterocycles. The van der Waals surface area contributed by atoms with E-state index in [4.69, 9.17) is 4.42 Å². The van der Waals surface area contributed by atoms with Crippen molar-refractivity contribution in [2.24, 2.45) is 0 Å². The van der Waals surface area contributed by atoms with Crippen molar-refractivity contribution in [3.05, 3.63) is 68.6 Å². The van der Waals surface area contributed by atoms with E-state index in [1.807, 2.05) is 24.3 Å². The van der Waals surface area contributed by atoms with E-state index >= 15 is 0 Å². The molecule has 0 fully saturated rings. The van der Waals surface area contributed by atoms with Crippen LogP contribution in [-0.4, -0.2) is 0 Å². The second-order valence-electron chi connectivity index (χ2n) is 5.01. The summed E-state index contributed by atoms with van der Waals surface area (Å²) in [7, 11) is 0. The molecule has 5 heteroatoms. The fourth-order valence-electron chi connectivity index (χ4n) is 2.51. The fraction of sp³-hybridized carbons (Fsp3) is 0.111. The lowest BCUT2D eigenvalue weighted by Gasteiger charge is -2.02. The monoisotopic (exact) mass is 560 g/mol. The molecule has 0 unspecified atom stereocenters. The van der Waals surface area contributed by atoms with Gasteiger partial charge in [-0.05, 0) is 24.3 Å². The Morgan fingerprint density at radius 3 is 1.48 bits per heavy atom. The number of hydrogen-bond acceptors (Lipinski definition) is 1. The van der Waals surface area contributed by atoms with Gasteiger partial charge in [-0.1, -0.05) is 88.0 Å². The fourth-order valence-corrected chi connectivity index (χ4v) is 4.49. The van der Waals surface area contributed by atoms with Crippen LogP contribution in [0.25, 0.3) is 22.6 Å². The smallest absolute Gasteiger partial charge is 0.139 e. The van der Waals surface area contributed by atoms with Crippen molar-refractivity contribution in [3.63, 3.8) is 0 Å². The minimum Gasteiger partial charge on any atom is -0.455 e. The first-order valence-corrected chi connectivity index (χ1v) is 10.7. The molecule has 1 heterocycles. The molecule has 0 atom stereocenters. The summed E-state index contributed by atoms with van der Waals surface area (Å²) in [5.41, 5.74) is 4.49. The maximum Gasteiger partial charge on any atom is 0.139 e. The third-order valence-corrected chi connectivity index (χ3v) is 5.67. The van der Waals surface area contributed by atoms with Gasteiger partial charge in [-0.2, -0.15) is 0 Å². The van der Waals surface area contributed by atoms with E-state index in [-0.39, 0.29) is 0 Å². The average Bonchev–Trinajstić information content (AvgIpc) is 2.93. The third-order valence-electron chi connectivity index (χ3n) is 3.56. The summed E-state index contributed by atoms with van der Waals surface area (Å²) in [5, 5.41) is 1.49. The summed E-state index contributed by atoms with van der Waals surface area (Å²) in [6.45, 7) is 0. The number of benzene rings is 2. The van der Waals surface area contributed by atoms with E-state index in [1.165, 1.54) is 11.1 Å². The lowest BCUT2D eigenvalue weighted by molar-refractivity contribution is 0.594. The molecule has 0 bridgehead atoms. The SMILES string of the molecule is BrCc1c(-c2cccc(Br)c2)oc(-c2cccc(Br)c2)c1CBr. The van der Waals surface area contributed by atoms with Crippen LogP contribution in [-0.2, 0) is 10.7 Å². The molecule has 0 saturated heterocycles. The van der Waals surface area contributed by atoms with Gasteiger partial charge in [0.1, 0.15) is 11.5 Å². The average molecular weight is 564 g/mol. The summed E-state index contributed by atoms with van der Waals surface area (Å²) < 4.78 is 8.38. The zero-order chi connectivity index (χ0) is 16.4. The Morgan fingerprint density at radius 2 is 1.13 bits per heavy atom. The molecule has 0 aliphatic rings. The number of alkyl halides is 2. The minimum absolute atomic E-state index is 0.743. The predicted octanol–water partition coefficient (Wildman–Crippen LogP) is 7.93. The standard InChI is InChI=1S/C18H12Br4O/c19-9-15-16(10-20)18(12-4-2-6-14(22)8-12)23-17(15)11-3-1-5-13(21)7-11/h1-8H,9-10H2. The Bertz CT molecular complexity index is 771. The highest BCUT2D eigenvalue weighted by Crippen LogP contribution is 2.40. The number of furan rings is 1. The maximum atomic E-state index is 6.31. The normalized spacial score (nSPS) is 11.0. The summed E-state index contributed by atoms with van der Waals surface area (Å²) in [6, 6.07) is 16.4. The Labute approximate surface area is 169 Å². The minimum atomic E-state index is 0.743. The number of rotatable bonds is 4. The Balaban J connectivity index is 2.22. The number of halogens is 4. The van der Waals surface area contributed by atoms with Gasteiger partial charge >= 0.3 is 0 Å². The molecule has 1 nitrogen and oxygen atoms in total. The topological polar surface area (TPSA) is 13.1 Å². The van der Waals surface area contributed by atoms with Crippen molar-refractivity contribution in [1.82, 2.24) is 0 Å². The van der Waals surface area contributed by atoms with Gasteiger partial charge in [0.25, 0.3) is 0 Å². The van der Waals surface area contributed by atoms with Crippen LogP contribution < -0.4 is 0 Å². The molecular formula is C18H12Br4O. The van der Waals surface area contributed by atoms with Gasteiger partial charge < -0.3 is 4.42 Å². The van der Waals surface area contributed by atoms with Crippen LogP contribution in [0.2, 0.25) is 0 Å². The van der Waals surface area contributed by atoms with Crippen LogP contribution in [0.3, 0.4) is 0 Å². The quantitative estimate of drug-likeness (QED) is 0.294. The van der Waals surface area contributed by atoms with E-state index in [9.17, 15) is 0 Å². The molecule has 2 aromatic carbocycles. The summed E-state index contributed by atoms with van der Waals surface area (Å²) >= 11 is 14.3. The zero-order valence-corrected chi connectivity index (χ0v) is 18.3. The molecule has 23 heavy (non-hydrogen) atoms. The molecule has 118 valence electrons. The van der Waals surface area contributed by atoms with E-state index < -0.39 is 0 Å². The van der Waals surface area contributed by atoms with E-state index in [0.717, 1.165) is 42.3 Å². The van der Waals surface area contributed by atoms with Crippen molar-refractivity contribution < 1.29 is 4.42 Å². The first-order valence-electron chi connectivity index (χ1n) is 6.92. The number of hydrogen-bond donors (Lipinski definition) is 0. The van der Waals surface area contributed by atoms with Gasteiger partial charge in [0.2, 0.25) is 0 Å². The van der Waals surface area contributed by atoms with Crippen molar-refractivity contribution >= 4 is 63.7 Å². The van der Waals surface area contributed by atoms with Crippen LogP contribution in [0.5, 0.6) is 0 Å². The largest absolute Gasteiger partial charge is 0.455 e. The second kappa shape index (κ2) is 7.68. The molecule has 0 spiro atoms. The highest BCUT2D eigenvalue weighted by molar-refractivity contribution is 9.10. The summed E-state index contributed by atoms with van der Waals surface area (Å²) in [6.07, 6.45) is 0. The first kappa shape index (κ1) is 17.5. The van der Waals surface area contributed by atoms with Gasteiger partial charge in [0.15, 0.2) is 0 Å². The van der Waals surface area contributed by atoms with Crippen LogP contribution in [0.15, 0.2) is 61.9 Å².